The molecule has 2 nitrogen and oxygen atoms in total. The fraction of sp³-hybridized carbons (Fsp3) is 0.448. The minimum atomic E-state index is 0.806. The number of hydrogen-bond acceptors (Lipinski definition) is 3. The van der Waals surface area contributed by atoms with Gasteiger partial charge in [-0.05, 0) is 145 Å². The number of fused-ring (bicyclic) bond motifs is 4. The number of rotatable bonds is 10. The van der Waals surface area contributed by atoms with Crippen molar-refractivity contribution in [3.05, 3.63) is 153 Å². The van der Waals surface area contributed by atoms with Gasteiger partial charge in [-0.2, -0.15) is 11.8 Å². The van der Waals surface area contributed by atoms with Gasteiger partial charge < -0.3 is 9.80 Å². The van der Waals surface area contributed by atoms with Gasteiger partial charge in [0.1, 0.15) is 0 Å². The van der Waals surface area contributed by atoms with Crippen LogP contribution in [-0.4, -0.2) is 59.6 Å². The summed E-state index contributed by atoms with van der Waals surface area (Å²) in [6.07, 6.45) is 31.4. The van der Waals surface area contributed by atoms with E-state index in [1.807, 2.05) is 0 Å². The van der Waals surface area contributed by atoms with E-state index < -0.39 is 0 Å². The molecule has 4 aromatic carbocycles. The van der Waals surface area contributed by atoms with Crippen molar-refractivity contribution in [1.82, 2.24) is 9.80 Å². The van der Waals surface area contributed by atoms with Crippen molar-refractivity contribution in [1.29, 1.82) is 0 Å². The number of piperidine rings is 2. The summed E-state index contributed by atoms with van der Waals surface area (Å²) in [5.74, 6) is 1.81. The lowest BCUT2D eigenvalue weighted by atomic mass is 9.84. The number of hydrogen-bond donors (Lipinski definition) is 0. The van der Waals surface area contributed by atoms with E-state index in [-0.39, 0.29) is 0 Å². The highest BCUT2D eigenvalue weighted by atomic mass is 32.2. The number of benzene rings is 4. The summed E-state index contributed by atoms with van der Waals surface area (Å²) in [6, 6.07) is 36.3. The molecular weight excluding hydrogens is 757 g/mol. The molecule has 3 heteroatoms. The van der Waals surface area contributed by atoms with Gasteiger partial charge in [0.25, 0.3) is 0 Å². The predicted molar refractivity (Wildman–Crippen MR) is 265 cm³/mol. The third kappa shape index (κ3) is 9.41. The van der Waals surface area contributed by atoms with Crippen molar-refractivity contribution < 1.29 is 0 Å². The van der Waals surface area contributed by atoms with Gasteiger partial charge in [-0.15, -0.1) is 0 Å². The molecule has 2 saturated heterocycles. The SMILES string of the molecule is C1=Cc2ccccc2C(=C2CCN(CCC(SC(CCN3CCC(=C4c5ccccc5C=Cc5ccccc54)CC3)C3CCCCC3)C3CCCCC3)CC2)c2ccccc21. The van der Waals surface area contributed by atoms with Crippen LogP contribution in [0.1, 0.15) is 147 Å². The van der Waals surface area contributed by atoms with Crippen molar-refractivity contribution in [2.75, 3.05) is 39.3 Å². The Morgan fingerprint density at radius 1 is 0.410 bits per heavy atom. The molecule has 0 amide bonds. The predicted octanol–water partition coefficient (Wildman–Crippen LogP) is 14.6. The number of thioether (sulfide) groups is 1. The average Bonchev–Trinajstić information content (AvgIpc) is 3.61. The lowest BCUT2D eigenvalue weighted by Gasteiger charge is -2.39. The topological polar surface area (TPSA) is 6.48 Å². The maximum absolute atomic E-state index is 2.85. The second-order valence-electron chi connectivity index (χ2n) is 19.2. The molecule has 6 aliphatic rings. The highest BCUT2D eigenvalue weighted by Gasteiger charge is 2.33. The Hall–Kier alpha value is -3.89. The lowest BCUT2D eigenvalue weighted by Crippen LogP contribution is -2.37. The Kier molecular flexibility index (Phi) is 13.3. The average molecular weight is 825 g/mol. The van der Waals surface area contributed by atoms with Gasteiger partial charge in [0.15, 0.2) is 0 Å². The Morgan fingerprint density at radius 3 is 1.05 bits per heavy atom. The van der Waals surface area contributed by atoms with Gasteiger partial charge in [0, 0.05) is 36.7 Å². The van der Waals surface area contributed by atoms with Gasteiger partial charge >= 0.3 is 0 Å². The summed E-state index contributed by atoms with van der Waals surface area (Å²) in [4.78, 5) is 5.70. The molecule has 0 spiro atoms. The minimum absolute atomic E-state index is 0.806. The monoisotopic (exact) mass is 825 g/mol. The molecule has 4 fully saturated rings. The van der Waals surface area contributed by atoms with Crippen molar-refractivity contribution in [2.24, 2.45) is 11.8 Å². The first-order valence-corrected chi connectivity index (χ1v) is 25.5. The molecule has 0 aromatic heterocycles. The van der Waals surface area contributed by atoms with Crippen LogP contribution in [0, 0.1) is 11.8 Å². The quantitative estimate of drug-likeness (QED) is 0.136. The van der Waals surface area contributed by atoms with Gasteiger partial charge in [-0.25, -0.2) is 0 Å². The molecular formula is C58H68N2S. The first kappa shape index (κ1) is 41.1. The Balaban J connectivity index is 0.814. The van der Waals surface area contributed by atoms with Gasteiger partial charge in [0.2, 0.25) is 0 Å². The molecule has 0 N–H and O–H groups in total. The molecule has 61 heavy (non-hydrogen) atoms. The Morgan fingerprint density at radius 2 is 0.721 bits per heavy atom. The molecule has 2 atom stereocenters. The third-order valence-corrected chi connectivity index (χ3v) is 17.5. The van der Waals surface area contributed by atoms with E-state index in [1.54, 1.807) is 11.1 Å². The van der Waals surface area contributed by atoms with Crippen molar-refractivity contribution in [3.63, 3.8) is 0 Å². The van der Waals surface area contributed by atoms with Gasteiger partial charge in [-0.3, -0.25) is 0 Å². The molecule has 2 heterocycles. The first-order valence-electron chi connectivity index (χ1n) is 24.5. The van der Waals surface area contributed by atoms with Crippen LogP contribution in [0.15, 0.2) is 108 Å². The summed E-state index contributed by atoms with van der Waals surface area (Å²) in [7, 11) is 0. The van der Waals surface area contributed by atoms with E-state index in [9.17, 15) is 0 Å². The zero-order valence-electron chi connectivity index (χ0n) is 36.7. The van der Waals surface area contributed by atoms with Crippen LogP contribution in [0.3, 0.4) is 0 Å². The maximum Gasteiger partial charge on any atom is 0.00903 e. The largest absolute Gasteiger partial charge is 0.303 e. The van der Waals surface area contributed by atoms with E-state index in [0.717, 1.165) is 22.3 Å². The van der Waals surface area contributed by atoms with E-state index in [4.69, 9.17) is 0 Å². The number of nitrogens with zero attached hydrogens (tertiary/aromatic N) is 2. The number of likely N-dealkylation sites (tertiary alicyclic amines) is 2. The van der Waals surface area contributed by atoms with Crippen LogP contribution >= 0.6 is 11.8 Å². The highest BCUT2D eigenvalue weighted by molar-refractivity contribution is 8.00. The molecule has 0 bridgehead atoms. The lowest BCUT2D eigenvalue weighted by molar-refractivity contribution is 0.234. The van der Waals surface area contributed by atoms with Crippen molar-refractivity contribution >= 4 is 47.2 Å². The molecule has 4 aliphatic carbocycles. The van der Waals surface area contributed by atoms with Gasteiger partial charge in [-0.1, -0.05) is 171 Å². The summed E-state index contributed by atoms with van der Waals surface area (Å²) >= 11 is 2.51. The normalized spacial score (nSPS) is 21.2. The molecule has 2 unspecified atom stereocenters. The van der Waals surface area contributed by atoms with Crippen LogP contribution < -0.4 is 0 Å². The molecule has 2 aliphatic heterocycles. The summed E-state index contributed by atoms with van der Waals surface area (Å²) in [5, 5.41) is 1.61. The smallest absolute Gasteiger partial charge is 0.00903 e. The maximum atomic E-state index is 2.85. The summed E-state index contributed by atoms with van der Waals surface area (Å²) < 4.78 is 0. The zero-order chi connectivity index (χ0) is 40.8. The molecule has 10 rings (SSSR count). The van der Waals surface area contributed by atoms with Crippen molar-refractivity contribution in [2.45, 2.75) is 113 Å². The minimum Gasteiger partial charge on any atom is -0.303 e. The van der Waals surface area contributed by atoms with Crippen LogP contribution in [0.2, 0.25) is 0 Å². The standard InChI is InChI=1S/C58H68N2S/c1-3-19-47(20-4-1)55(35-41-59-37-31-49(32-38-59)57-51-23-11-7-15-43(51)27-28-44-16-8-12-24-52(44)57)61-56(48-21-5-2-6-22-48)36-42-60-39-33-50(34-40-60)58-53-25-13-9-17-45(53)29-30-46-18-10-14-26-54(46)58/h7-18,23-30,47-48,55-56H,1-6,19-22,31-42H2. The van der Waals surface area contributed by atoms with Crippen LogP contribution in [0.5, 0.6) is 0 Å². The Labute approximate surface area is 372 Å². The third-order valence-electron chi connectivity index (χ3n) is 15.6. The van der Waals surface area contributed by atoms with Crippen molar-refractivity contribution in [3.8, 4) is 0 Å². The van der Waals surface area contributed by atoms with E-state index in [0.29, 0.717) is 0 Å². The second kappa shape index (κ2) is 19.7. The highest BCUT2D eigenvalue weighted by Crippen LogP contribution is 2.44. The van der Waals surface area contributed by atoms with E-state index in [1.165, 1.54) is 198 Å². The van der Waals surface area contributed by atoms with Crippen LogP contribution in [-0.2, 0) is 0 Å². The fourth-order valence-electron chi connectivity index (χ4n) is 12.2. The van der Waals surface area contributed by atoms with Gasteiger partial charge in [0.05, 0.1) is 0 Å². The molecule has 316 valence electrons. The van der Waals surface area contributed by atoms with Crippen LogP contribution in [0.25, 0.3) is 35.5 Å². The molecule has 0 radical (unpaired) electrons. The van der Waals surface area contributed by atoms with Crippen LogP contribution in [0.4, 0.5) is 0 Å². The summed E-state index contributed by atoms with van der Waals surface area (Å²) in [6.45, 7) is 7.34. The zero-order valence-corrected chi connectivity index (χ0v) is 37.5. The van der Waals surface area contributed by atoms with E-state index >= 15 is 0 Å². The summed E-state index contributed by atoms with van der Waals surface area (Å²) in [5.41, 5.74) is 17.5. The van der Waals surface area contributed by atoms with E-state index in [2.05, 4.69) is 143 Å². The molecule has 4 aromatic rings. The molecule has 2 saturated carbocycles. The second-order valence-corrected chi connectivity index (χ2v) is 20.7. The Bertz CT molecular complexity index is 1980. The first-order chi connectivity index (χ1) is 30.2. The fourth-order valence-corrected chi connectivity index (χ4v) is 14.1.